The summed E-state index contributed by atoms with van der Waals surface area (Å²) in [5, 5.41) is 12.5. The predicted molar refractivity (Wildman–Crippen MR) is 93.1 cm³/mol. The Kier molecular flexibility index (Phi) is 6.55. The fraction of sp³-hybridized carbons (Fsp3) is 0.353. The van der Waals surface area contributed by atoms with Gasteiger partial charge < -0.3 is 14.8 Å². The van der Waals surface area contributed by atoms with Crippen LogP contribution in [-0.2, 0) is 16.1 Å². The maximum atomic E-state index is 11.3. The zero-order valence-corrected chi connectivity index (χ0v) is 14.8. The molecule has 1 aromatic heterocycles. The van der Waals surface area contributed by atoms with Gasteiger partial charge in [0.05, 0.1) is 12.7 Å². The summed E-state index contributed by atoms with van der Waals surface area (Å²) in [6.45, 7) is 3.91. The Bertz CT molecular complexity index is 747. The fourth-order valence-electron chi connectivity index (χ4n) is 2.27. The maximum Gasteiger partial charge on any atom is 0.320 e. The quantitative estimate of drug-likeness (QED) is 0.745. The number of amides is 1. The Morgan fingerprint density at radius 2 is 2.20 bits per heavy atom. The summed E-state index contributed by atoms with van der Waals surface area (Å²) in [5.74, 6) is -0.167. The Morgan fingerprint density at radius 3 is 2.84 bits per heavy atom. The number of benzene rings is 1. The van der Waals surface area contributed by atoms with Crippen LogP contribution in [0.5, 0.6) is 0 Å². The summed E-state index contributed by atoms with van der Waals surface area (Å²) in [6, 6.07) is 6.45. The molecule has 1 atom stereocenters. The van der Waals surface area contributed by atoms with Gasteiger partial charge in [-0.25, -0.2) is 4.98 Å². The summed E-state index contributed by atoms with van der Waals surface area (Å²) < 4.78 is 5.72. The van der Waals surface area contributed by atoms with Gasteiger partial charge in [0.1, 0.15) is 6.04 Å². The molecule has 0 aliphatic rings. The van der Waals surface area contributed by atoms with Gasteiger partial charge in [0.15, 0.2) is 5.76 Å². The molecule has 0 spiro atoms. The highest BCUT2D eigenvalue weighted by Gasteiger charge is 2.22. The minimum absolute atomic E-state index is 0.165. The summed E-state index contributed by atoms with van der Waals surface area (Å²) in [4.78, 5) is 28.2. The van der Waals surface area contributed by atoms with Gasteiger partial charge in [-0.15, -0.1) is 0 Å². The molecule has 0 fully saturated rings. The average Bonchev–Trinajstić information content (AvgIpc) is 3.01. The lowest BCUT2D eigenvalue weighted by Crippen LogP contribution is -2.42. The van der Waals surface area contributed by atoms with Crippen molar-refractivity contribution in [3.05, 3.63) is 41.4 Å². The largest absolute Gasteiger partial charge is 0.480 e. The molecular weight excluding hydrogens is 346 g/mol. The third-order valence-corrected chi connectivity index (χ3v) is 3.91. The van der Waals surface area contributed by atoms with Gasteiger partial charge in [-0.3, -0.25) is 14.5 Å². The number of aromatic nitrogens is 1. The Balaban J connectivity index is 2.10. The van der Waals surface area contributed by atoms with Crippen LogP contribution < -0.4 is 5.32 Å². The number of carboxylic acid groups (broad SMARTS) is 1. The minimum atomic E-state index is -0.954. The molecule has 134 valence electrons. The van der Waals surface area contributed by atoms with Crippen molar-refractivity contribution in [1.82, 2.24) is 15.2 Å². The number of carboxylic acids is 1. The van der Waals surface area contributed by atoms with Gasteiger partial charge in [-0.2, -0.15) is 0 Å². The third-order valence-electron chi connectivity index (χ3n) is 3.68. The monoisotopic (exact) mass is 365 g/mol. The maximum absolute atomic E-state index is 11.3. The molecule has 0 aliphatic heterocycles. The first-order valence-corrected chi connectivity index (χ1v) is 8.16. The van der Waals surface area contributed by atoms with Crippen LogP contribution in [0.2, 0.25) is 5.02 Å². The Morgan fingerprint density at radius 1 is 1.44 bits per heavy atom. The van der Waals surface area contributed by atoms with Gasteiger partial charge in [0, 0.05) is 30.6 Å². The van der Waals surface area contributed by atoms with E-state index in [9.17, 15) is 14.7 Å². The van der Waals surface area contributed by atoms with Crippen LogP contribution >= 0.6 is 11.6 Å². The highest BCUT2D eigenvalue weighted by atomic mass is 35.5. The number of hydrogen-bond donors (Lipinski definition) is 2. The molecule has 8 heteroatoms. The first kappa shape index (κ1) is 19.0. The van der Waals surface area contributed by atoms with Crippen molar-refractivity contribution in [3.63, 3.8) is 0 Å². The normalized spacial score (nSPS) is 12.2. The first-order chi connectivity index (χ1) is 11.9. The summed E-state index contributed by atoms with van der Waals surface area (Å²) in [6.07, 6.45) is 1.58. The molecule has 0 bridgehead atoms. The number of hydrogen-bond acceptors (Lipinski definition) is 5. The standard InChI is InChI=1S/C17H20ClN3O4/c1-11(17(23)24)21(7-6-19-12(2)22)10-16-20-9-15(25-16)13-4-3-5-14(18)8-13/h3-5,8-9,11H,6-7,10H2,1-2H3,(H,19,22)(H,23,24). The van der Waals surface area contributed by atoms with Gasteiger partial charge in [0.25, 0.3) is 0 Å². The van der Waals surface area contributed by atoms with Crippen molar-refractivity contribution in [2.75, 3.05) is 13.1 Å². The molecule has 0 saturated carbocycles. The number of aliphatic carboxylic acids is 1. The molecule has 25 heavy (non-hydrogen) atoms. The second-order valence-corrected chi connectivity index (χ2v) is 6.03. The number of nitrogens with zero attached hydrogens (tertiary/aromatic N) is 2. The van der Waals surface area contributed by atoms with E-state index in [0.717, 1.165) is 5.56 Å². The van der Waals surface area contributed by atoms with Crippen molar-refractivity contribution in [3.8, 4) is 11.3 Å². The van der Waals surface area contributed by atoms with Crippen LogP contribution in [0.25, 0.3) is 11.3 Å². The molecule has 2 rings (SSSR count). The van der Waals surface area contributed by atoms with Crippen LogP contribution in [0.4, 0.5) is 0 Å². The van der Waals surface area contributed by atoms with E-state index in [-0.39, 0.29) is 12.5 Å². The van der Waals surface area contributed by atoms with Gasteiger partial charge in [-0.05, 0) is 19.1 Å². The summed E-state index contributed by atoms with van der Waals surface area (Å²) in [7, 11) is 0. The molecule has 0 saturated heterocycles. The van der Waals surface area contributed by atoms with Gasteiger partial charge in [-0.1, -0.05) is 23.7 Å². The first-order valence-electron chi connectivity index (χ1n) is 7.78. The van der Waals surface area contributed by atoms with Gasteiger partial charge in [0.2, 0.25) is 11.8 Å². The molecule has 1 amide bonds. The highest BCUT2D eigenvalue weighted by Crippen LogP contribution is 2.24. The van der Waals surface area contributed by atoms with Crippen molar-refractivity contribution in [2.24, 2.45) is 0 Å². The molecule has 1 unspecified atom stereocenters. The van der Waals surface area contributed by atoms with Crippen LogP contribution in [0, 0.1) is 0 Å². The van der Waals surface area contributed by atoms with E-state index in [4.69, 9.17) is 16.0 Å². The van der Waals surface area contributed by atoms with Crippen molar-refractivity contribution in [1.29, 1.82) is 0 Å². The van der Waals surface area contributed by atoms with Gasteiger partial charge >= 0.3 is 5.97 Å². The molecule has 7 nitrogen and oxygen atoms in total. The van der Waals surface area contributed by atoms with E-state index in [1.165, 1.54) is 6.92 Å². The van der Waals surface area contributed by atoms with Crippen molar-refractivity contribution < 1.29 is 19.1 Å². The predicted octanol–water partition coefficient (Wildman–Crippen LogP) is 2.41. The van der Waals surface area contributed by atoms with Crippen LogP contribution in [-0.4, -0.2) is 46.0 Å². The smallest absolute Gasteiger partial charge is 0.320 e. The average molecular weight is 366 g/mol. The Hall–Kier alpha value is -2.38. The topological polar surface area (TPSA) is 95.7 Å². The lowest BCUT2D eigenvalue weighted by Gasteiger charge is -2.24. The highest BCUT2D eigenvalue weighted by molar-refractivity contribution is 6.30. The second-order valence-electron chi connectivity index (χ2n) is 5.60. The number of nitrogens with one attached hydrogen (secondary N) is 1. The van der Waals surface area contributed by atoms with Crippen LogP contribution in [0.3, 0.4) is 0 Å². The molecule has 0 radical (unpaired) electrons. The van der Waals surface area contributed by atoms with Crippen molar-refractivity contribution >= 4 is 23.5 Å². The minimum Gasteiger partial charge on any atom is -0.480 e. The third kappa shape index (κ3) is 5.58. The number of halogens is 1. The van der Waals surface area contributed by atoms with Crippen LogP contribution in [0.1, 0.15) is 19.7 Å². The lowest BCUT2D eigenvalue weighted by molar-refractivity contribution is -0.142. The Labute approximate surface area is 150 Å². The molecular formula is C17H20ClN3O4. The van der Waals surface area contributed by atoms with E-state index >= 15 is 0 Å². The van der Waals surface area contributed by atoms with E-state index in [1.54, 1.807) is 30.2 Å². The van der Waals surface area contributed by atoms with E-state index < -0.39 is 12.0 Å². The van der Waals surface area contributed by atoms with Crippen LogP contribution in [0.15, 0.2) is 34.9 Å². The molecule has 1 aromatic carbocycles. The second kappa shape index (κ2) is 8.64. The SMILES string of the molecule is CC(=O)NCCN(Cc1ncc(-c2cccc(Cl)c2)o1)C(C)C(=O)O. The molecule has 1 heterocycles. The summed E-state index contributed by atoms with van der Waals surface area (Å²) in [5.41, 5.74) is 0.794. The number of carbonyl (C=O) groups is 2. The molecule has 2 aromatic rings. The zero-order chi connectivity index (χ0) is 18.4. The number of oxazole rings is 1. The summed E-state index contributed by atoms with van der Waals surface area (Å²) >= 11 is 5.97. The van der Waals surface area contributed by atoms with E-state index in [2.05, 4.69) is 10.3 Å². The molecule has 2 N–H and O–H groups in total. The number of rotatable bonds is 8. The van der Waals surface area contributed by atoms with Crippen molar-refractivity contribution in [2.45, 2.75) is 26.4 Å². The zero-order valence-electron chi connectivity index (χ0n) is 14.0. The lowest BCUT2D eigenvalue weighted by atomic mass is 10.2. The molecule has 0 aliphatic carbocycles. The van der Waals surface area contributed by atoms with E-state index in [0.29, 0.717) is 29.8 Å². The van der Waals surface area contributed by atoms with E-state index in [1.807, 2.05) is 12.1 Å². The number of carbonyl (C=O) groups excluding carboxylic acids is 1. The fourth-order valence-corrected chi connectivity index (χ4v) is 2.46.